The largest absolute Gasteiger partial charge is 0.0883 e. The smallest absolute Gasteiger partial charge is 0.0234 e. The molecule has 0 heteroatoms. The van der Waals surface area contributed by atoms with E-state index in [9.17, 15) is 0 Å². The molecule has 0 amide bonds. The Hall–Kier alpha value is -0.260. The van der Waals surface area contributed by atoms with Crippen LogP contribution in [0.15, 0.2) is 12.2 Å². The van der Waals surface area contributed by atoms with E-state index >= 15 is 0 Å². The van der Waals surface area contributed by atoms with Crippen molar-refractivity contribution in [3.8, 4) is 0 Å². The van der Waals surface area contributed by atoms with Gasteiger partial charge in [0.1, 0.15) is 0 Å². The van der Waals surface area contributed by atoms with E-state index in [-0.39, 0.29) is 0 Å². The van der Waals surface area contributed by atoms with Crippen LogP contribution in [0.5, 0.6) is 0 Å². The van der Waals surface area contributed by atoms with Gasteiger partial charge in [-0.05, 0) is 31.6 Å². The van der Waals surface area contributed by atoms with Crippen LogP contribution >= 0.6 is 0 Å². The summed E-state index contributed by atoms with van der Waals surface area (Å²) in [6.45, 7) is 2.28. The van der Waals surface area contributed by atoms with Crippen LogP contribution in [0.4, 0.5) is 0 Å². The molecule has 1 aliphatic rings. The molecule has 1 aliphatic carbocycles. The van der Waals surface area contributed by atoms with Gasteiger partial charge in [0.25, 0.3) is 0 Å². The molecule has 0 N–H and O–H groups in total. The summed E-state index contributed by atoms with van der Waals surface area (Å²) >= 11 is 0. The quantitative estimate of drug-likeness (QED) is 0.391. The molecule has 0 radical (unpaired) electrons. The third-order valence-corrected chi connectivity index (χ3v) is 3.28. The number of allylic oxidation sites excluding steroid dienone is 2. The number of rotatable bonds is 7. The number of hydrogen-bond donors (Lipinski definition) is 0. The van der Waals surface area contributed by atoms with E-state index in [0.29, 0.717) is 0 Å². The molecule has 0 bridgehead atoms. The van der Waals surface area contributed by atoms with Crippen molar-refractivity contribution in [1.29, 1.82) is 0 Å². The highest BCUT2D eigenvalue weighted by Gasteiger charge is 2.10. The van der Waals surface area contributed by atoms with Crippen molar-refractivity contribution in [2.24, 2.45) is 5.92 Å². The van der Waals surface area contributed by atoms with Crippen LogP contribution < -0.4 is 0 Å². The SMILES string of the molecule is CCCCCCCC=CC1CCCC1. The molecule has 1 saturated carbocycles. The zero-order chi connectivity index (χ0) is 10.1. The van der Waals surface area contributed by atoms with E-state index in [4.69, 9.17) is 0 Å². The van der Waals surface area contributed by atoms with Crippen LogP contribution in [0.25, 0.3) is 0 Å². The van der Waals surface area contributed by atoms with Gasteiger partial charge in [0.15, 0.2) is 0 Å². The van der Waals surface area contributed by atoms with E-state index in [2.05, 4.69) is 19.1 Å². The van der Waals surface area contributed by atoms with Gasteiger partial charge < -0.3 is 0 Å². The second kappa shape index (κ2) is 8.08. The Labute approximate surface area is 89.8 Å². The normalized spacial score (nSPS) is 18.4. The van der Waals surface area contributed by atoms with Gasteiger partial charge in [0.05, 0.1) is 0 Å². The predicted octanol–water partition coefficient (Wildman–Crippen LogP) is 5.09. The fraction of sp³-hybridized carbons (Fsp3) is 0.857. The maximum atomic E-state index is 2.48. The molecule has 0 saturated heterocycles. The first kappa shape index (κ1) is 11.8. The Morgan fingerprint density at radius 3 is 2.43 bits per heavy atom. The maximum Gasteiger partial charge on any atom is -0.0234 e. The standard InChI is InChI=1S/C14H26/c1-2-3-4-5-6-7-8-11-14-12-9-10-13-14/h8,11,14H,2-7,9-10,12-13H2,1H3. The molecule has 0 heterocycles. The first-order chi connectivity index (χ1) is 6.93. The molecule has 1 fully saturated rings. The van der Waals surface area contributed by atoms with Gasteiger partial charge in [0.2, 0.25) is 0 Å². The summed E-state index contributed by atoms with van der Waals surface area (Å²) in [5.74, 6) is 0.936. The third-order valence-electron chi connectivity index (χ3n) is 3.28. The molecule has 0 atom stereocenters. The summed E-state index contributed by atoms with van der Waals surface area (Å²) in [7, 11) is 0. The Balaban J connectivity index is 1.87. The van der Waals surface area contributed by atoms with Crippen LogP contribution in [-0.4, -0.2) is 0 Å². The molecular weight excluding hydrogens is 168 g/mol. The molecule has 0 aromatic carbocycles. The Kier molecular flexibility index (Phi) is 6.82. The van der Waals surface area contributed by atoms with Gasteiger partial charge in [-0.1, -0.05) is 57.6 Å². The minimum absolute atomic E-state index is 0.936. The van der Waals surface area contributed by atoms with E-state index in [1.54, 1.807) is 0 Å². The highest BCUT2D eigenvalue weighted by Crippen LogP contribution is 2.25. The molecule has 0 aliphatic heterocycles. The number of unbranched alkanes of at least 4 members (excludes halogenated alkanes) is 5. The fourth-order valence-electron chi connectivity index (χ4n) is 2.30. The van der Waals surface area contributed by atoms with Gasteiger partial charge >= 0.3 is 0 Å². The van der Waals surface area contributed by atoms with Crippen LogP contribution in [0, 0.1) is 5.92 Å². The predicted molar refractivity (Wildman–Crippen MR) is 64.5 cm³/mol. The summed E-state index contributed by atoms with van der Waals surface area (Å²) in [5.41, 5.74) is 0. The minimum atomic E-state index is 0.936. The zero-order valence-corrected chi connectivity index (χ0v) is 9.80. The average molecular weight is 194 g/mol. The first-order valence-corrected chi connectivity index (χ1v) is 6.60. The lowest BCUT2D eigenvalue weighted by atomic mass is 10.1. The van der Waals surface area contributed by atoms with Crippen molar-refractivity contribution in [2.75, 3.05) is 0 Å². The topological polar surface area (TPSA) is 0 Å². The van der Waals surface area contributed by atoms with Gasteiger partial charge in [-0.2, -0.15) is 0 Å². The van der Waals surface area contributed by atoms with Gasteiger partial charge in [-0.15, -0.1) is 0 Å². The summed E-state index contributed by atoms with van der Waals surface area (Å²) in [6.07, 6.45) is 19.1. The molecule has 0 unspecified atom stereocenters. The van der Waals surface area contributed by atoms with Crippen LogP contribution in [0.1, 0.15) is 71.1 Å². The van der Waals surface area contributed by atoms with Crippen molar-refractivity contribution in [3.05, 3.63) is 12.2 Å². The van der Waals surface area contributed by atoms with E-state index in [1.165, 1.54) is 64.2 Å². The Morgan fingerprint density at radius 2 is 1.71 bits per heavy atom. The lowest BCUT2D eigenvalue weighted by Gasteiger charge is -2.00. The second-order valence-corrected chi connectivity index (χ2v) is 4.68. The molecule has 0 aromatic heterocycles. The van der Waals surface area contributed by atoms with Gasteiger partial charge in [-0.3, -0.25) is 0 Å². The zero-order valence-electron chi connectivity index (χ0n) is 9.80. The van der Waals surface area contributed by atoms with Crippen molar-refractivity contribution in [2.45, 2.75) is 71.1 Å². The van der Waals surface area contributed by atoms with Crippen molar-refractivity contribution in [1.82, 2.24) is 0 Å². The lowest BCUT2D eigenvalue weighted by molar-refractivity contribution is 0.633. The summed E-state index contributed by atoms with van der Waals surface area (Å²) < 4.78 is 0. The minimum Gasteiger partial charge on any atom is -0.0883 e. The molecule has 1 rings (SSSR count). The monoisotopic (exact) mass is 194 g/mol. The van der Waals surface area contributed by atoms with Crippen molar-refractivity contribution < 1.29 is 0 Å². The molecule has 0 aromatic rings. The molecule has 0 spiro atoms. The van der Waals surface area contributed by atoms with Crippen LogP contribution in [0.3, 0.4) is 0 Å². The Bertz CT molecular complexity index is 140. The molecule has 82 valence electrons. The van der Waals surface area contributed by atoms with Crippen LogP contribution in [-0.2, 0) is 0 Å². The summed E-state index contributed by atoms with van der Waals surface area (Å²) in [5, 5.41) is 0. The lowest BCUT2D eigenvalue weighted by Crippen LogP contribution is -1.85. The first-order valence-electron chi connectivity index (χ1n) is 6.60. The molecular formula is C14H26. The average Bonchev–Trinajstić information content (AvgIpc) is 2.69. The van der Waals surface area contributed by atoms with Crippen molar-refractivity contribution in [3.63, 3.8) is 0 Å². The second-order valence-electron chi connectivity index (χ2n) is 4.68. The fourth-order valence-corrected chi connectivity index (χ4v) is 2.30. The van der Waals surface area contributed by atoms with E-state index in [0.717, 1.165) is 5.92 Å². The highest BCUT2D eigenvalue weighted by atomic mass is 14.2. The third kappa shape index (κ3) is 5.47. The molecule has 14 heavy (non-hydrogen) atoms. The van der Waals surface area contributed by atoms with Crippen LogP contribution in [0.2, 0.25) is 0 Å². The summed E-state index contributed by atoms with van der Waals surface area (Å²) in [4.78, 5) is 0. The van der Waals surface area contributed by atoms with Gasteiger partial charge in [-0.25, -0.2) is 0 Å². The maximum absolute atomic E-state index is 2.48. The number of hydrogen-bond acceptors (Lipinski definition) is 0. The van der Waals surface area contributed by atoms with E-state index < -0.39 is 0 Å². The summed E-state index contributed by atoms with van der Waals surface area (Å²) in [6, 6.07) is 0. The van der Waals surface area contributed by atoms with E-state index in [1.807, 2.05) is 0 Å². The molecule has 0 nitrogen and oxygen atoms in total. The highest BCUT2D eigenvalue weighted by molar-refractivity contribution is 4.90. The van der Waals surface area contributed by atoms with Crippen molar-refractivity contribution >= 4 is 0 Å². The Morgan fingerprint density at radius 1 is 1.00 bits per heavy atom. The van der Waals surface area contributed by atoms with Gasteiger partial charge in [0, 0.05) is 0 Å².